The van der Waals surface area contributed by atoms with Gasteiger partial charge in [-0.25, -0.2) is 9.50 Å². The van der Waals surface area contributed by atoms with Gasteiger partial charge in [-0.3, -0.25) is 4.79 Å². The van der Waals surface area contributed by atoms with Crippen LogP contribution in [0.5, 0.6) is 0 Å². The number of aryl methyl sites for hydroxylation is 3. The SMILES string of the molecule is Cc1ccc(NC(=O)c2cn3nc(C)nc3nc2C)cc1. The topological polar surface area (TPSA) is 72.2 Å². The van der Waals surface area contributed by atoms with Crippen molar-refractivity contribution >= 4 is 17.4 Å². The summed E-state index contributed by atoms with van der Waals surface area (Å²) in [6.07, 6.45) is 1.65. The maximum Gasteiger partial charge on any atom is 0.259 e. The van der Waals surface area contributed by atoms with E-state index in [1.54, 1.807) is 20.0 Å². The molecule has 0 unspecified atom stereocenters. The van der Waals surface area contributed by atoms with Crippen LogP contribution in [0.15, 0.2) is 30.5 Å². The summed E-state index contributed by atoms with van der Waals surface area (Å²) >= 11 is 0. The molecule has 1 amide bonds. The monoisotopic (exact) mass is 281 g/mol. The molecule has 0 aliphatic heterocycles. The van der Waals surface area contributed by atoms with Crippen LogP contribution in [-0.2, 0) is 0 Å². The Morgan fingerprint density at radius 1 is 1.10 bits per heavy atom. The van der Waals surface area contributed by atoms with Gasteiger partial charge < -0.3 is 5.32 Å². The molecule has 0 bridgehead atoms. The third-order valence-electron chi connectivity index (χ3n) is 3.18. The lowest BCUT2D eigenvalue weighted by Crippen LogP contribution is -2.15. The first-order chi connectivity index (χ1) is 10.0. The van der Waals surface area contributed by atoms with Crippen molar-refractivity contribution in [1.82, 2.24) is 19.6 Å². The Labute approximate surface area is 121 Å². The molecule has 1 aromatic carbocycles. The van der Waals surface area contributed by atoms with Crippen LogP contribution in [0, 0.1) is 20.8 Å². The molecule has 0 saturated heterocycles. The van der Waals surface area contributed by atoms with Crippen molar-refractivity contribution < 1.29 is 4.79 Å². The number of nitrogens with zero attached hydrogens (tertiary/aromatic N) is 4. The number of nitrogens with one attached hydrogen (secondary N) is 1. The molecule has 0 fully saturated rings. The first-order valence-electron chi connectivity index (χ1n) is 6.61. The normalized spacial score (nSPS) is 10.8. The molecule has 0 aliphatic rings. The summed E-state index contributed by atoms with van der Waals surface area (Å²) in [5.41, 5.74) is 3.00. The lowest BCUT2D eigenvalue weighted by molar-refractivity contribution is 0.102. The highest BCUT2D eigenvalue weighted by Crippen LogP contribution is 2.13. The second kappa shape index (κ2) is 4.97. The van der Waals surface area contributed by atoms with Gasteiger partial charge in [-0.15, -0.1) is 0 Å². The van der Waals surface area contributed by atoms with Gasteiger partial charge in [0.2, 0.25) is 0 Å². The largest absolute Gasteiger partial charge is 0.322 e. The number of carbonyl (C=O) groups excluding carboxylic acids is 1. The van der Waals surface area contributed by atoms with Crippen LogP contribution in [-0.4, -0.2) is 25.5 Å². The van der Waals surface area contributed by atoms with Gasteiger partial charge in [-0.05, 0) is 32.9 Å². The Balaban J connectivity index is 1.93. The predicted molar refractivity (Wildman–Crippen MR) is 79.4 cm³/mol. The van der Waals surface area contributed by atoms with E-state index in [-0.39, 0.29) is 5.91 Å². The highest BCUT2D eigenvalue weighted by molar-refractivity contribution is 6.04. The zero-order chi connectivity index (χ0) is 15.0. The molecule has 0 atom stereocenters. The van der Waals surface area contributed by atoms with Gasteiger partial charge >= 0.3 is 0 Å². The van der Waals surface area contributed by atoms with Crippen molar-refractivity contribution in [3.05, 3.63) is 53.1 Å². The van der Waals surface area contributed by atoms with Gasteiger partial charge in [0, 0.05) is 11.9 Å². The average Bonchev–Trinajstić information content (AvgIpc) is 2.79. The summed E-state index contributed by atoms with van der Waals surface area (Å²) in [6.45, 7) is 5.57. The number of rotatable bonds is 2. The number of anilines is 1. The highest BCUT2D eigenvalue weighted by atomic mass is 16.1. The predicted octanol–water partition coefficient (Wildman–Crippen LogP) is 2.30. The molecule has 3 rings (SSSR count). The second-order valence-electron chi connectivity index (χ2n) is 4.96. The van der Waals surface area contributed by atoms with Crippen LogP contribution in [0.25, 0.3) is 5.78 Å². The number of fused-ring (bicyclic) bond motifs is 1. The van der Waals surface area contributed by atoms with E-state index in [2.05, 4.69) is 20.4 Å². The fourth-order valence-corrected chi connectivity index (χ4v) is 2.07. The maximum atomic E-state index is 12.4. The zero-order valence-electron chi connectivity index (χ0n) is 12.1. The molecule has 0 spiro atoms. The molecule has 6 nitrogen and oxygen atoms in total. The fourth-order valence-electron chi connectivity index (χ4n) is 2.07. The Morgan fingerprint density at radius 2 is 1.81 bits per heavy atom. The van der Waals surface area contributed by atoms with E-state index in [1.807, 2.05) is 31.2 Å². The van der Waals surface area contributed by atoms with E-state index in [4.69, 9.17) is 0 Å². The molecule has 106 valence electrons. The molecule has 6 heteroatoms. The minimum Gasteiger partial charge on any atom is -0.322 e. The lowest BCUT2D eigenvalue weighted by Gasteiger charge is -2.07. The minimum absolute atomic E-state index is 0.209. The fraction of sp³-hybridized carbons (Fsp3) is 0.200. The van der Waals surface area contributed by atoms with Crippen molar-refractivity contribution in [2.24, 2.45) is 0 Å². The Morgan fingerprint density at radius 3 is 2.52 bits per heavy atom. The van der Waals surface area contributed by atoms with Gasteiger partial charge in [-0.2, -0.15) is 10.1 Å². The number of aromatic nitrogens is 4. The molecular weight excluding hydrogens is 266 g/mol. The summed E-state index contributed by atoms with van der Waals surface area (Å²) in [5, 5.41) is 7.04. The van der Waals surface area contributed by atoms with Crippen LogP contribution in [0.1, 0.15) is 27.4 Å². The van der Waals surface area contributed by atoms with Crippen LogP contribution in [0.2, 0.25) is 0 Å². The summed E-state index contributed by atoms with van der Waals surface area (Å²) in [5.74, 6) is 0.911. The van der Waals surface area contributed by atoms with E-state index < -0.39 is 0 Å². The molecule has 2 heterocycles. The number of carbonyl (C=O) groups is 1. The van der Waals surface area contributed by atoms with Gasteiger partial charge in [0.05, 0.1) is 11.3 Å². The van der Waals surface area contributed by atoms with Crippen LogP contribution in [0.3, 0.4) is 0 Å². The zero-order valence-corrected chi connectivity index (χ0v) is 12.1. The molecule has 2 aromatic heterocycles. The lowest BCUT2D eigenvalue weighted by atomic mass is 10.2. The second-order valence-corrected chi connectivity index (χ2v) is 4.96. The molecule has 0 radical (unpaired) electrons. The number of hydrogen-bond acceptors (Lipinski definition) is 4. The van der Waals surface area contributed by atoms with Crippen molar-refractivity contribution in [1.29, 1.82) is 0 Å². The smallest absolute Gasteiger partial charge is 0.259 e. The number of hydrogen-bond donors (Lipinski definition) is 1. The standard InChI is InChI=1S/C15H15N5O/c1-9-4-6-12(7-5-9)18-14(21)13-8-20-15(16-10(13)2)17-11(3)19-20/h4-8H,1-3H3,(H,18,21). The van der Waals surface area contributed by atoms with Crippen molar-refractivity contribution in [3.8, 4) is 0 Å². The third-order valence-corrected chi connectivity index (χ3v) is 3.18. The molecular formula is C15H15N5O. The van der Waals surface area contributed by atoms with Crippen LogP contribution in [0.4, 0.5) is 5.69 Å². The van der Waals surface area contributed by atoms with Crippen molar-refractivity contribution in [2.75, 3.05) is 5.32 Å². The Hall–Kier alpha value is -2.76. The molecule has 0 aliphatic carbocycles. The van der Waals surface area contributed by atoms with E-state index in [1.165, 1.54) is 4.52 Å². The summed E-state index contributed by atoms with van der Waals surface area (Å²) in [7, 11) is 0. The molecule has 0 saturated carbocycles. The first-order valence-corrected chi connectivity index (χ1v) is 6.61. The third kappa shape index (κ3) is 2.60. The van der Waals surface area contributed by atoms with Gasteiger partial charge in [0.1, 0.15) is 5.82 Å². The van der Waals surface area contributed by atoms with E-state index in [0.29, 0.717) is 22.9 Å². The minimum atomic E-state index is -0.209. The molecule has 1 N–H and O–H groups in total. The number of amides is 1. The highest BCUT2D eigenvalue weighted by Gasteiger charge is 2.13. The van der Waals surface area contributed by atoms with E-state index in [9.17, 15) is 4.79 Å². The van der Waals surface area contributed by atoms with Gasteiger partial charge in [0.15, 0.2) is 0 Å². The van der Waals surface area contributed by atoms with Crippen LogP contribution < -0.4 is 5.32 Å². The van der Waals surface area contributed by atoms with Gasteiger partial charge in [0.25, 0.3) is 11.7 Å². The number of benzene rings is 1. The summed E-state index contributed by atoms with van der Waals surface area (Å²) < 4.78 is 1.52. The summed E-state index contributed by atoms with van der Waals surface area (Å²) in [4.78, 5) is 20.8. The molecule has 21 heavy (non-hydrogen) atoms. The Bertz CT molecular complexity index is 820. The van der Waals surface area contributed by atoms with Crippen molar-refractivity contribution in [2.45, 2.75) is 20.8 Å². The quantitative estimate of drug-likeness (QED) is 0.782. The first kappa shape index (κ1) is 13.2. The Kier molecular flexibility index (Phi) is 3.13. The van der Waals surface area contributed by atoms with Crippen molar-refractivity contribution in [3.63, 3.8) is 0 Å². The maximum absolute atomic E-state index is 12.4. The van der Waals surface area contributed by atoms with E-state index in [0.717, 1.165) is 11.3 Å². The summed E-state index contributed by atoms with van der Waals surface area (Å²) in [6, 6.07) is 7.64. The van der Waals surface area contributed by atoms with Crippen LogP contribution >= 0.6 is 0 Å². The average molecular weight is 281 g/mol. The van der Waals surface area contributed by atoms with Gasteiger partial charge in [-0.1, -0.05) is 17.7 Å². The van der Waals surface area contributed by atoms with E-state index >= 15 is 0 Å². The molecule has 3 aromatic rings.